The van der Waals surface area contributed by atoms with E-state index < -0.39 is 18.4 Å². The first-order valence-corrected chi connectivity index (χ1v) is 7.75. The molecule has 23 heavy (non-hydrogen) atoms. The van der Waals surface area contributed by atoms with Gasteiger partial charge in [0.1, 0.15) is 6.04 Å². The van der Waals surface area contributed by atoms with E-state index in [1.807, 2.05) is 65.9 Å². The van der Waals surface area contributed by atoms with Crippen LogP contribution in [-0.4, -0.2) is 24.4 Å². The van der Waals surface area contributed by atoms with E-state index in [0.717, 1.165) is 10.9 Å². The van der Waals surface area contributed by atoms with E-state index >= 15 is 0 Å². The van der Waals surface area contributed by atoms with Gasteiger partial charge in [0.2, 0.25) is 5.91 Å². The Balaban J connectivity index is 1.99. The molecule has 0 aliphatic carbocycles. The summed E-state index contributed by atoms with van der Waals surface area (Å²) in [6.07, 6.45) is 0.559. The van der Waals surface area contributed by atoms with Crippen LogP contribution in [0.5, 0.6) is 0 Å². The number of carbonyl (C=O) groups is 2. The number of carbonyl (C=O) groups excluding carboxylic acids is 2. The Bertz CT molecular complexity index is 667. The molecule has 0 spiro atoms. The molecule has 0 bridgehead atoms. The van der Waals surface area contributed by atoms with Crippen LogP contribution in [0.25, 0.3) is 0 Å². The summed E-state index contributed by atoms with van der Waals surface area (Å²) >= 11 is 0. The lowest BCUT2D eigenvalue weighted by molar-refractivity contribution is -0.549. The Hall–Kier alpha value is -2.60. The fourth-order valence-corrected chi connectivity index (χ4v) is 3.26. The fraction of sp³-hybridized carbons (Fsp3) is 0.176. The van der Waals surface area contributed by atoms with E-state index in [1.54, 1.807) is 0 Å². The van der Waals surface area contributed by atoms with Crippen LogP contribution in [0.3, 0.4) is 0 Å². The monoisotopic (exact) mass is 310 g/mol. The van der Waals surface area contributed by atoms with Gasteiger partial charge in [0.05, 0.1) is 0 Å². The molecule has 2 aromatic carbocycles. The normalized spacial score (nSPS) is 19.3. The third-order valence-electron chi connectivity index (χ3n) is 4.40. The van der Waals surface area contributed by atoms with Gasteiger partial charge in [-0.1, -0.05) is 71.6 Å². The molecule has 6 heteroatoms. The highest BCUT2D eigenvalue weighted by Crippen LogP contribution is 2.10. The second-order valence-corrected chi connectivity index (χ2v) is 5.91. The van der Waals surface area contributed by atoms with Gasteiger partial charge in [0, 0.05) is 12.8 Å². The van der Waals surface area contributed by atoms with Gasteiger partial charge in [0.15, 0.2) is 0 Å². The Labute approximate surface area is 134 Å². The number of nitrogens with two attached hydrogens (primary N) is 2. The summed E-state index contributed by atoms with van der Waals surface area (Å²) in [5.41, 5.74) is 7.11. The van der Waals surface area contributed by atoms with E-state index in [-0.39, 0.29) is 12.4 Å². The average molecular weight is 310 g/mol. The Morgan fingerprint density at radius 3 is 2.04 bits per heavy atom. The summed E-state index contributed by atoms with van der Waals surface area (Å²) in [4.78, 5) is 23.4. The zero-order valence-corrected chi connectivity index (χ0v) is 12.7. The summed E-state index contributed by atoms with van der Waals surface area (Å²) in [6.45, 7) is -1.72. The maximum Gasteiger partial charge on any atom is 0.441 e. The van der Waals surface area contributed by atoms with E-state index in [0.29, 0.717) is 6.42 Å². The fourth-order valence-electron chi connectivity index (χ4n) is 3.26. The van der Waals surface area contributed by atoms with Gasteiger partial charge in [-0.3, -0.25) is 9.59 Å². The topological polar surface area (TPSA) is 86.0 Å². The van der Waals surface area contributed by atoms with Gasteiger partial charge < -0.3 is 15.6 Å². The summed E-state index contributed by atoms with van der Waals surface area (Å²) in [7, 11) is 0. The van der Waals surface area contributed by atoms with E-state index in [2.05, 4.69) is 0 Å². The second-order valence-electron chi connectivity index (χ2n) is 5.91. The van der Waals surface area contributed by atoms with Crippen molar-refractivity contribution in [3.05, 3.63) is 60.7 Å². The van der Waals surface area contributed by atoms with Crippen LogP contribution in [-0.2, 0) is 14.2 Å². The predicted octanol–water partition coefficient (Wildman–Crippen LogP) is -1.00. The molecule has 3 rings (SSSR count). The standard InChI is InChI=1S/C17H19BN2O3/c19-16(21)12-11-15-17(22)23-18(20-15,13-7-3-1-4-8-13)14-9-5-2-6-10-14/h1-10,15H,11-12,20H2,(H2,19,21)/t15-/m0/s1. The van der Waals surface area contributed by atoms with Crippen molar-refractivity contribution in [2.45, 2.75) is 18.9 Å². The summed E-state index contributed by atoms with van der Waals surface area (Å²) in [6, 6.07) is 19.0. The van der Waals surface area contributed by atoms with Crippen molar-refractivity contribution < 1.29 is 19.5 Å². The molecule has 1 aliphatic rings. The quantitative estimate of drug-likeness (QED) is 0.695. The molecule has 1 aliphatic heterocycles. The zero-order chi connectivity index (χ0) is 16.3. The van der Waals surface area contributed by atoms with Gasteiger partial charge in [0.25, 0.3) is 0 Å². The van der Waals surface area contributed by atoms with Crippen molar-refractivity contribution in [3.8, 4) is 0 Å². The first kappa shape index (κ1) is 15.3. The van der Waals surface area contributed by atoms with Crippen LogP contribution >= 0.6 is 0 Å². The molecular weight excluding hydrogens is 291 g/mol. The molecule has 5 nitrogen and oxygen atoms in total. The van der Waals surface area contributed by atoms with Crippen molar-refractivity contribution in [1.82, 2.24) is 0 Å². The van der Waals surface area contributed by atoms with Crippen molar-refractivity contribution >= 4 is 29.3 Å². The minimum absolute atomic E-state index is 0.173. The Morgan fingerprint density at radius 1 is 1.04 bits per heavy atom. The number of hydrogen-bond acceptors (Lipinski definition) is 3. The molecule has 1 saturated heterocycles. The van der Waals surface area contributed by atoms with Crippen LogP contribution in [0.4, 0.5) is 0 Å². The molecule has 4 N–H and O–H groups in total. The van der Waals surface area contributed by atoms with Crippen LogP contribution in [0.2, 0.25) is 0 Å². The molecule has 1 amide bonds. The van der Waals surface area contributed by atoms with E-state index in [4.69, 9.17) is 10.4 Å². The molecule has 118 valence electrons. The molecule has 0 aromatic heterocycles. The molecule has 0 radical (unpaired) electrons. The van der Waals surface area contributed by atoms with Gasteiger partial charge in [-0.25, -0.2) is 0 Å². The number of rotatable bonds is 5. The average Bonchev–Trinajstić information content (AvgIpc) is 2.92. The van der Waals surface area contributed by atoms with Gasteiger partial charge in [-0.15, -0.1) is 0 Å². The highest BCUT2D eigenvalue weighted by atomic mass is 16.5. The lowest BCUT2D eigenvalue weighted by Crippen LogP contribution is -3.07. The van der Waals surface area contributed by atoms with Crippen molar-refractivity contribution in [3.63, 3.8) is 0 Å². The van der Waals surface area contributed by atoms with Crippen molar-refractivity contribution in [2.75, 3.05) is 0 Å². The summed E-state index contributed by atoms with van der Waals surface area (Å²) < 4.78 is 5.88. The molecule has 2 aromatic rings. The lowest BCUT2D eigenvalue weighted by atomic mass is 9.42. The molecule has 1 heterocycles. The van der Waals surface area contributed by atoms with Crippen molar-refractivity contribution in [2.24, 2.45) is 5.73 Å². The highest BCUT2D eigenvalue weighted by molar-refractivity contribution is 6.92. The molecular formula is C17H19BN2O3. The summed E-state index contributed by atoms with van der Waals surface area (Å²) in [5.74, 6) is -0.699. The smallest absolute Gasteiger partial charge is 0.441 e. The lowest BCUT2D eigenvalue weighted by Gasteiger charge is -2.31. The SMILES string of the molecule is NC(=O)CC[C@@H]1[NH2+][B-](c2ccccc2)(c2ccccc2)OC1=O. The maximum absolute atomic E-state index is 12.4. The number of amides is 1. The van der Waals surface area contributed by atoms with Crippen LogP contribution < -0.4 is 21.9 Å². The number of primary amides is 1. The molecule has 1 fully saturated rings. The Morgan fingerprint density at radius 2 is 1.57 bits per heavy atom. The van der Waals surface area contributed by atoms with Gasteiger partial charge in [-0.2, -0.15) is 0 Å². The highest BCUT2D eigenvalue weighted by Gasteiger charge is 2.49. The first-order valence-electron chi connectivity index (χ1n) is 7.75. The third kappa shape index (κ3) is 2.98. The largest absolute Gasteiger partial charge is 0.628 e. The van der Waals surface area contributed by atoms with Crippen LogP contribution in [0.1, 0.15) is 12.8 Å². The van der Waals surface area contributed by atoms with E-state index in [1.165, 1.54) is 0 Å². The Kier molecular flexibility index (Phi) is 4.17. The number of quaternary nitrogens is 1. The minimum atomic E-state index is -1.72. The summed E-state index contributed by atoms with van der Waals surface area (Å²) in [5, 5.41) is 1.95. The van der Waals surface area contributed by atoms with Gasteiger partial charge >= 0.3 is 12.5 Å². The van der Waals surface area contributed by atoms with Crippen LogP contribution in [0.15, 0.2) is 60.7 Å². The minimum Gasteiger partial charge on any atom is -0.628 e. The first-order chi connectivity index (χ1) is 11.1. The van der Waals surface area contributed by atoms with Crippen molar-refractivity contribution in [1.29, 1.82) is 0 Å². The number of benzene rings is 2. The maximum atomic E-state index is 12.4. The zero-order valence-electron chi connectivity index (χ0n) is 12.7. The molecule has 0 unspecified atom stereocenters. The van der Waals surface area contributed by atoms with Crippen LogP contribution in [0, 0.1) is 0 Å². The second kappa shape index (κ2) is 6.26. The molecule has 1 atom stereocenters. The predicted molar refractivity (Wildman–Crippen MR) is 88.1 cm³/mol. The third-order valence-corrected chi connectivity index (χ3v) is 4.40. The van der Waals surface area contributed by atoms with Gasteiger partial charge in [-0.05, 0) is 0 Å². The molecule has 0 saturated carbocycles. The van der Waals surface area contributed by atoms with E-state index in [9.17, 15) is 9.59 Å². The number of hydrogen-bond donors (Lipinski definition) is 2.